The molecule has 0 saturated carbocycles. The van der Waals surface area contributed by atoms with E-state index in [-0.39, 0.29) is 11.5 Å². The Morgan fingerprint density at radius 2 is 1.49 bits per heavy atom. The largest absolute Gasteiger partial charge is 0.587 e. The minimum atomic E-state index is -4.83. The molecule has 41 heavy (non-hydrogen) atoms. The molecular formula is C24H24ClF2N2O11P. The van der Waals surface area contributed by atoms with Crippen molar-refractivity contribution >= 4 is 19.4 Å². The summed E-state index contributed by atoms with van der Waals surface area (Å²) in [6.07, 6.45) is -9.30. The predicted octanol–water partition coefficient (Wildman–Crippen LogP) is 2.74. The Morgan fingerprint density at radius 3 is 1.95 bits per heavy atom. The van der Waals surface area contributed by atoms with Crippen molar-refractivity contribution in [3.8, 4) is 23.0 Å². The van der Waals surface area contributed by atoms with Crippen molar-refractivity contribution in [1.29, 1.82) is 0 Å². The van der Waals surface area contributed by atoms with Gasteiger partial charge in [-0.2, -0.15) is 0 Å². The third kappa shape index (κ3) is 6.40. The molecule has 1 fully saturated rings. The predicted molar refractivity (Wildman–Crippen MR) is 138 cm³/mol. The number of ether oxygens (including phenoxy) is 3. The van der Waals surface area contributed by atoms with Crippen LogP contribution in [0.4, 0.5) is 8.78 Å². The van der Waals surface area contributed by atoms with Crippen molar-refractivity contribution in [2.45, 2.75) is 30.5 Å². The molecule has 2 unspecified atom stereocenters. The Balaban J connectivity index is 1.65. The van der Waals surface area contributed by atoms with Crippen molar-refractivity contribution in [3.05, 3.63) is 80.6 Å². The number of benzene rings is 2. The average Bonchev–Trinajstić information content (AvgIpc) is 3.21. The van der Waals surface area contributed by atoms with E-state index in [0.29, 0.717) is 16.1 Å². The summed E-state index contributed by atoms with van der Waals surface area (Å²) in [6.45, 7) is -1.35. The number of alkyl halides is 2. The SMILES string of the molecule is COc1ccc(OP(=O)(OC[C@]2(C(F)F)O[C@H](n3cc(Cl)c(=O)[nH]c3=O)C(O)C2O)Oc2ccc(OC)cc2)cc1. The molecule has 0 aliphatic carbocycles. The van der Waals surface area contributed by atoms with Crippen molar-refractivity contribution in [2.75, 3.05) is 20.8 Å². The van der Waals surface area contributed by atoms with Gasteiger partial charge in [0.15, 0.2) is 11.8 Å². The highest BCUT2D eigenvalue weighted by Crippen LogP contribution is 2.52. The van der Waals surface area contributed by atoms with E-state index in [1.54, 1.807) is 0 Å². The number of halogens is 3. The molecule has 1 aliphatic rings. The van der Waals surface area contributed by atoms with Crippen LogP contribution < -0.4 is 29.8 Å². The number of hydrogen-bond acceptors (Lipinski definition) is 11. The third-order valence-corrected chi connectivity index (χ3v) is 7.61. The van der Waals surface area contributed by atoms with Crippen LogP contribution in [0.5, 0.6) is 23.0 Å². The molecule has 0 radical (unpaired) electrons. The van der Waals surface area contributed by atoms with Crippen LogP contribution in [0.15, 0.2) is 64.3 Å². The quantitative estimate of drug-likeness (QED) is 0.270. The van der Waals surface area contributed by atoms with Gasteiger partial charge in [0.25, 0.3) is 12.0 Å². The molecule has 0 bridgehead atoms. The Hall–Kier alpha value is -3.46. The number of methoxy groups -OCH3 is 2. The first kappa shape index (κ1) is 30.5. The Morgan fingerprint density at radius 1 is 1.00 bits per heavy atom. The van der Waals surface area contributed by atoms with Crippen LogP contribution in [0.3, 0.4) is 0 Å². The molecule has 0 spiro atoms. The fourth-order valence-corrected chi connectivity index (χ4v) is 5.24. The second-order valence-electron chi connectivity index (χ2n) is 8.60. The number of aromatic nitrogens is 2. The van der Waals surface area contributed by atoms with Gasteiger partial charge in [-0.3, -0.25) is 18.9 Å². The lowest BCUT2D eigenvalue weighted by molar-refractivity contribution is -0.193. The van der Waals surface area contributed by atoms with Gasteiger partial charge in [0.2, 0.25) is 0 Å². The highest BCUT2D eigenvalue weighted by atomic mass is 35.5. The topological polar surface area (TPSA) is 168 Å². The van der Waals surface area contributed by atoms with E-state index in [1.165, 1.54) is 62.8 Å². The molecule has 4 rings (SSSR count). The minimum Gasteiger partial charge on any atom is -0.497 e. The van der Waals surface area contributed by atoms with E-state index < -0.39 is 61.2 Å². The van der Waals surface area contributed by atoms with Gasteiger partial charge in [-0.15, -0.1) is 0 Å². The number of aromatic amines is 1. The van der Waals surface area contributed by atoms with E-state index in [4.69, 9.17) is 39.4 Å². The maximum absolute atomic E-state index is 14.5. The molecule has 2 heterocycles. The molecule has 3 aromatic rings. The average molecular weight is 621 g/mol. The summed E-state index contributed by atoms with van der Waals surface area (Å²) in [4.78, 5) is 25.7. The van der Waals surface area contributed by atoms with Gasteiger partial charge in [0.05, 0.1) is 20.8 Å². The van der Waals surface area contributed by atoms with Crippen LogP contribution in [-0.2, 0) is 13.8 Å². The van der Waals surface area contributed by atoms with E-state index in [0.717, 1.165) is 6.20 Å². The number of hydrogen-bond donors (Lipinski definition) is 3. The van der Waals surface area contributed by atoms with Crippen molar-refractivity contribution in [2.24, 2.45) is 0 Å². The number of phosphoric ester groups is 1. The summed E-state index contributed by atoms with van der Waals surface area (Å²) in [6, 6.07) is 11.3. The maximum atomic E-state index is 14.5. The fourth-order valence-electron chi connectivity index (χ4n) is 3.83. The van der Waals surface area contributed by atoms with Crippen molar-refractivity contribution < 1.29 is 51.3 Å². The lowest BCUT2D eigenvalue weighted by Crippen LogP contribution is -2.52. The van der Waals surface area contributed by atoms with Crippen LogP contribution in [-0.4, -0.2) is 64.8 Å². The summed E-state index contributed by atoms with van der Waals surface area (Å²) in [5.41, 5.74) is -5.19. The molecule has 0 amide bonds. The summed E-state index contributed by atoms with van der Waals surface area (Å²) in [5, 5.41) is 20.7. The van der Waals surface area contributed by atoms with Gasteiger partial charge in [0, 0.05) is 6.20 Å². The highest BCUT2D eigenvalue weighted by molar-refractivity contribution is 7.49. The summed E-state index contributed by atoms with van der Waals surface area (Å²) in [5.74, 6) is 0.741. The van der Waals surface area contributed by atoms with Gasteiger partial charge in [0.1, 0.15) is 40.2 Å². The van der Waals surface area contributed by atoms with E-state index in [1.807, 2.05) is 4.98 Å². The standard InChI is InChI=1S/C24H24ClF2N2O11P/c1-35-13-3-7-15(8-4-13)39-41(34,40-16-9-5-14(36-2)6-10-16)37-12-24(22(26)27)19(31)18(30)21(38-24)29-11-17(25)20(32)28-23(29)33/h3-11,18-19,21-22,30-31H,12H2,1-2H3,(H,28,32,33)/t18?,19?,21-,24-/m0/s1. The second-order valence-corrected chi connectivity index (χ2v) is 10.5. The van der Waals surface area contributed by atoms with Crippen LogP contribution in [0.1, 0.15) is 6.23 Å². The number of aliphatic hydroxyl groups excluding tert-OH is 2. The molecular weight excluding hydrogens is 597 g/mol. The van der Waals surface area contributed by atoms with E-state index >= 15 is 0 Å². The second kappa shape index (κ2) is 12.2. The number of nitrogens with one attached hydrogen (secondary N) is 1. The fraction of sp³-hybridized carbons (Fsp3) is 0.333. The zero-order valence-corrected chi connectivity index (χ0v) is 23.0. The maximum Gasteiger partial charge on any atom is 0.587 e. The molecule has 17 heteroatoms. The molecule has 1 saturated heterocycles. The summed E-state index contributed by atoms with van der Waals surface area (Å²) < 4.78 is 74.9. The lowest BCUT2D eigenvalue weighted by atomic mass is 9.96. The number of rotatable bonds is 11. The van der Waals surface area contributed by atoms with Crippen molar-refractivity contribution in [1.82, 2.24) is 9.55 Å². The summed E-state index contributed by atoms with van der Waals surface area (Å²) >= 11 is 5.73. The molecule has 222 valence electrons. The van der Waals surface area contributed by atoms with E-state index in [9.17, 15) is 33.1 Å². The van der Waals surface area contributed by atoms with Crippen LogP contribution in [0.2, 0.25) is 5.02 Å². The number of aliphatic hydroxyl groups is 2. The number of phosphoric acid groups is 1. The third-order valence-electron chi connectivity index (χ3n) is 6.03. The smallest absolute Gasteiger partial charge is 0.497 e. The molecule has 3 N–H and O–H groups in total. The van der Waals surface area contributed by atoms with Crippen LogP contribution in [0, 0.1) is 0 Å². The monoisotopic (exact) mass is 620 g/mol. The van der Waals surface area contributed by atoms with Gasteiger partial charge < -0.3 is 33.5 Å². The highest BCUT2D eigenvalue weighted by Gasteiger charge is 2.62. The summed E-state index contributed by atoms with van der Waals surface area (Å²) in [7, 11) is -1.99. The molecule has 1 aliphatic heterocycles. The Labute approximate surface area is 235 Å². The van der Waals surface area contributed by atoms with Crippen LogP contribution >= 0.6 is 19.4 Å². The zero-order chi connectivity index (χ0) is 29.9. The van der Waals surface area contributed by atoms with Gasteiger partial charge >= 0.3 is 13.5 Å². The minimum absolute atomic E-state index is 0.0611. The molecule has 1 aromatic heterocycles. The number of H-pyrrole nitrogens is 1. The van der Waals surface area contributed by atoms with Crippen molar-refractivity contribution in [3.63, 3.8) is 0 Å². The van der Waals surface area contributed by atoms with Gasteiger partial charge in [-0.05, 0) is 48.5 Å². The van der Waals surface area contributed by atoms with Crippen LogP contribution in [0.25, 0.3) is 0 Å². The van der Waals surface area contributed by atoms with E-state index in [2.05, 4.69) is 0 Å². The lowest BCUT2D eigenvalue weighted by Gasteiger charge is -2.31. The normalized spacial score (nSPS) is 22.5. The Bertz CT molecular complexity index is 1470. The van der Waals surface area contributed by atoms with Gasteiger partial charge in [-0.25, -0.2) is 18.1 Å². The molecule has 13 nitrogen and oxygen atoms in total. The Kier molecular flexibility index (Phi) is 9.07. The first-order valence-corrected chi connectivity index (χ1v) is 13.5. The first-order chi connectivity index (χ1) is 19.4. The molecule has 2 aromatic carbocycles. The van der Waals surface area contributed by atoms with Gasteiger partial charge in [-0.1, -0.05) is 11.6 Å². The molecule has 4 atom stereocenters. The zero-order valence-electron chi connectivity index (χ0n) is 21.3. The number of nitrogens with zero attached hydrogens (tertiary/aromatic N) is 1. The first-order valence-electron chi connectivity index (χ1n) is 11.7.